The number of nitrogens with zero attached hydrogens (tertiary/aromatic N) is 3. The van der Waals surface area contributed by atoms with Crippen LogP contribution in [0.2, 0.25) is 5.15 Å². The third kappa shape index (κ3) is 4.28. The molecule has 1 aliphatic rings. The predicted octanol–water partition coefficient (Wildman–Crippen LogP) is 2.37. The fourth-order valence-electron chi connectivity index (χ4n) is 2.62. The van der Waals surface area contributed by atoms with Crippen LogP contribution in [0.25, 0.3) is 0 Å². The summed E-state index contributed by atoms with van der Waals surface area (Å²) in [4.78, 5) is 11.3. The molecule has 6 heteroatoms. The zero-order valence-electron chi connectivity index (χ0n) is 12.8. The van der Waals surface area contributed by atoms with Crippen molar-refractivity contribution in [3.63, 3.8) is 0 Å². The average Bonchev–Trinajstić information content (AvgIpc) is 2.49. The van der Waals surface area contributed by atoms with Gasteiger partial charge in [-0.05, 0) is 26.2 Å². The minimum atomic E-state index is 0.0845. The van der Waals surface area contributed by atoms with E-state index in [0.29, 0.717) is 11.8 Å². The van der Waals surface area contributed by atoms with Gasteiger partial charge in [-0.25, -0.2) is 9.97 Å². The Morgan fingerprint density at radius 1 is 1.33 bits per heavy atom. The molecule has 2 rings (SSSR count). The zero-order chi connectivity index (χ0) is 15.2. The van der Waals surface area contributed by atoms with Crippen molar-refractivity contribution in [1.29, 1.82) is 0 Å². The van der Waals surface area contributed by atoms with Crippen LogP contribution in [0.4, 0.5) is 5.82 Å². The van der Waals surface area contributed by atoms with Gasteiger partial charge in [0.15, 0.2) is 0 Å². The monoisotopic (exact) mass is 313 g/mol. The molecular formula is C15H24ClN3O2. The van der Waals surface area contributed by atoms with Crippen LogP contribution < -0.4 is 4.90 Å². The van der Waals surface area contributed by atoms with Crippen LogP contribution in [0.5, 0.6) is 0 Å². The maximum Gasteiger partial charge on any atom is 0.137 e. The zero-order valence-corrected chi connectivity index (χ0v) is 13.6. The van der Waals surface area contributed by atoms with Crippen molar-refractivity contribution in [2.24, 2.45) is 0 Å². The number of ether oxygens (including phenoxy) is 1. The minimum Gasteiger partial charge on any atom is -0.394 e. The number of aliphatic hydroxyl groups excluding tert-OH is 1. The van der Waals surface area contributed by atoms with Gasteiger partial charge in [-0.1, -0.05) is 18.5 Å². The summed E-state index contributed by atoms with van der Waals surface area (Å²) < 4.78 is 5.60. The van der Waals surface area contributed by atoms with Crippen molar-refractivity contribution in [2.75, 3.05) is 31.2 Å². The molecule has 5 nitrogen and oxygen atoms in total. The van der Waals surface area contributed by atoms with Crippen molar-refractivity contribution in [3.8, 4) is 0 Å². The highest BCUT2D eigenvalue weighted by atomic mass is 35.5. The SMILES string of the molecule is CCCc1nc(Cl)c(C)c(N2CCC(OCCO)CC2)n1. The van der Waals surface area contributed by atoms with Crippen molar-refractivity contribution < 1.29 is 9.84 Å². The second kappa shape index (κ2) is 7.92. The molecule has 1 aromatic rings. The highest BCUT2D eigenvalue weighted by molar-refractivity contribution is 6.30. The Labute approximate surface area is 131 Å². The molecule has 0 bridgehead atoms. The van der Waals surface area contributed by atoms with Gasteiger partial charge in [0.05, 0.1) is 19.3 Å². The highest BCUT2D eigenvalue weighted by Gasteiger charge is 2.23. The second-order valence-electron chi connectivity index (χ2n) is 5.41. The fraction of sp³-hybridized carbons (Fsp3) is 0.733. The van der Waals surface area contributed by atoms with Gasteiger partial charge in [0, 0.05) is 25.1 Å². The lowest BCUT2D eigenvalue weighted by atomic mass is 10.1. The van der Waals surface area contributed by atoms with Gasteiger partial charge in [0.2, 0.25) is 0 Å². The molecule has 21 heavy (non-hydrogen) atoms. The normalized spacial score (nSPS) is 16.5. The van der Waals surface area contributed by atoms with E-state index in [-0.39, 0.29) is 12.7 Å². The minimum absolute atomic E-state index is 0.0845. The van der Waals surface area contributed by atoms with E-state index >= 15 is 0 Å². The van der Waals surface area contributed by atoms with E-state index in [2.05, 4.69) is 21.8 Å². The van der Waals surface area contributed by atoms with Crippen LogP contribution in [0.3, 0.4) is 0 Å². The van der Waals surface area contributed by atoms with Crippen LogP contribution >= 0.6 is 11.6 Å². The molecule has 0 unspecified atom stereocenters. The molecule has 0 spiro atoms. The van der Waals surface area contributed by atoms with E-state index in [1.165, 1.54) is 0 Å². The lowest BCUT2D eigenvalue weighted by Crippen LogP contribution is -2.38. The van der Waals surface area contributed by atoms with E-state index in [1.807, 2.05) is 6.92 Å². The Bertz CT molecular complexity index is 462. The van der Waals surface area contributed by atoms with Crippen LogP contribution in [0, 0.1) is 6.92 Å². The quantitative estimate of drug-likeness (QED) is 0.817. The van der Waals surface area contributed by atoms with E-state index < -0.39 is 0 Å². The van der Waals surface area contributed by atoms with Gasteiger partial charge in [0.25, 0.3) is 0 Å². The number of hydrogen-bond donors (Lipinski definition) is 1. The van der Waals surface area contributed by atoms with Gasteiger partial charge in [-0.3, -0.25) is 0 Å². The summed E-state index contributed by atoms with van der Waals surface area (Å²) in [6, 6.07) is 0. The maximum atomic E-state index is 8.81. The van der Waals surface area contributed by atoms with Gasteiger partial charge in [-0.15, -0.1) is 0 Å². The first kappa shape index (κ1) is 16.5. The summed E-state index contributed by atoms with van der Waals surface area (Å²) in [6.45, 7) is 6.39. The summed E-state index contributed by atoms with van der Waals surface area (Å²) in [5, 5.41) is 9.37. The predicted molar refractivity (Wildman–Crippen MR) is 84.0 cm³/mol. The largest absolute Gasteiger partial charge is 0.394 e. The summed E-state index contributed by atoms with van der Waals surface area (Å²) in [5.41, 5.74) is 0.950. The molecule has 0 aromatic carbocycles. The van der Waals surface area contributed by atoms with Crippen molar-refractivity contribution in [3.05, 3.63) is 16.5 Å². The Kier molecular flexibility index (Phi) is 6.21. The number of halogens is 1. The van der Waals surface area contributed by atoms with Crippen molar-refractivity contribution in [1.82, 2.24) is 9.97 Å². The number of aryl methyl sites for hydroxylation is 1. The van der Waals surface area contributed by atoms with Crippen LogP contribution in [0.15, 0.2) is 0 Å². The van der Waals surface area contributed by atoms with Crippen LogP contribution in [0.1, 0.15) is 37.6 Å². The number of rotatable bonds is 6. The first-order valence-corrected chi connectivity index (χ1v) is 8.04. The maximum absolute atomic E-state index is 8.81. The molecule has 0 saturated carbocycles. The lowest BCUT2D eigenvalue weighted by molar-refractivity contribution is 0.0158. The molecule has 0 atom stereocenters. The molecule has 1 N–H and O–H groups in total. The fourth-order valence-corrected chi connectivity index (χ4v) is 2.80. The smallest absolute Gasteiger partial charge is 0.137 e. The first-order chi connectivity index (χ1) is 10.2. The van der Waals surface area contributed by atoms with Crippen molar-refractivity contribution in [2.45, 2.75) is 45.6 Å². The van der Waals surface area contributed by atoms with Crippen LogP contribution in [-0.2, 0) is 11.2 Å². The molecule has 0 radical (unpaired) electrons. The Morgan fingerprint density at radius 2 is 2.05 bits per heavy atom. The standard InChI is InChI=1S/C15H24ClN3O2/c1-3-4-13-17-14(16)11(2)15(18-13)19-7-5-12(6-8-19)21-10-9-20/h12,20H,3-10H2,1-2H3. The van der Waals surface area contributed by atoms with Gasteiger partial charge in [0.1, 0.15) is 16.8 Å². The molecule has 1 aliphatic heterocycles. The molecular weight excluding hydrogens is 290 g/mol. The number of hydrogen-bond acceptors (Lipinski definition) is 5. The van der Waals surface area contributed by atoms with Crippen molar-refractivity contribution >= 4 is 17.4 Å². The number of aliphatic hydroxyl groups is 1. The number of piperidine rings is 1. The Balaban J connectivity index is 2.05. The summed E-state index contributed by atoms with van der Waals surface area (Å²) in [5.74, 6) is 1.78. The first-order valence-electron chi connectivity index (χ1n) is 7.66. The average molecular weight is 314 g/mol. The van der Waals surface area contributed by atoms with Gasteiger partial charge < -0.3 is 14.7 Å². The molecule has 118 valence electrons. The van der Waals surface area contributed by atoms with E-state index in [0.717, 1.165) is 56.0 Å². The van der Waals surface area contributed by atoms with E-state index in [9.17, 15) is 0 Å². The Hall–Kier alpha value is -0.910. The summed E-state index contributed by atoms with van der Waals surface area (Å²) in [6.07, 6.45) is 3.99. The number of anilines is 1. The van der Waals surface area contributed by atoms with Crippen LogP contribution in [-0.4, -0.2) is 47.5 Å². The summed E-state index contributed by atoms with van der Waals surface area (Å²) in [7, 11) is 0. The molecule has 0 amide bonds. The molecule has 1 saturated heterocycles. The lowest BCUT2D eigenvalue weighted by Gasteiger charge is -2.33. The second-order valence-corrected chi connectivity index (χ2v) is 5.77. The highest BCUT2D eigenvalue weighted by Crippen LogP contribution is 2.27. The number of aromatic nitrogens is 2. The van der Waals surface area contributed by atoms with Gasteiger partial charge in [-0.2, -0.15) is 0 Å². The third-order valence-electron chi connectivity index (χ3n) is 3.77. The Morgan fingerprint density at radius 3 is 2.67 bits per heavy atom. The van der Waals surface area contributed by atoms with Gasteiger partial charge >= 0.3 is 0 Å². The van der Waals surface area contributed by atoms with E-state index in [1.54, 1.807) is 0 Å². The molecule has 1 fully saturated rings. The molecule has 1 aromatic heterocycles. The third-order valence-corrected chi connectivity index (χ3v) is 4.13. The topological polar surface area (TPSA) is 58.5 Å². The van der Waals surface area contributed by atoms with E-state index in [4.69, 9.17) is 21.4 Å². The molecule has 0 aliphatic carbocycles. The molecule has 2 heterocycles. The summed E-state index contributed by atoms with van der Waals surface area (Å²) >= 11 is 6.24.